The van der Waals surface area contributed by atoms with Gasteiger partial charge in [-0.1, -0.05) is 37.3 Å². The van der Waals surface area contributed by atoms with Crippen molar-refractivity contribution in [1.29, 1.82) is 0 Å². The van der Waals surface area contributed by atoms with E-state index in [1.54, 1.807) is 18.3 Å². The fraction of sp³-hybridized carbons (Fsp3) is 0.278. The van der Waals surface area contributed by atoms with Crippen LogP contribution >= 0.6 is 11.3 Å². The highest BCUT2D eigenvalue weighted by atomic mass is 32.2. The maximum absolute atomic E-state index is 12.7. The molecule has 0 radical (unpaired) electrons. The Kier molecular flexibility index (Phi) is 4.02. The maximum atomic E-state index is 12.7. The van der Waals surface area contributed by atoms with Crippen molar-refractivity contribution in [2.75, 3.05) is 0 Å². The summed E-state index contributed by atoms with van der Waals surface area (Å²) in [6.07, 6.45) is 1.62. The third kappa shape index (κ3) is 3.15. The van der Waals surface area contributed by atoms with Gasteiger partial charge in [0.15, 0.2) is 0 Å². The van der Waals surface area contributed by atoms with Crippen LogP contribution in [0.5, 0.6) is 0 Å². The van der Waals surface area contributed by atoms with Crippen molar-refractivity contribution in [3.05, 3.63) is 60.0 Å². The highest BCUT2D eigenvalue weighted by Gasteiger charge is 2.49. The van der Waals surface area contributed by atoms with E-state index in [4.69, 9.17) is 4.42 Å². The smallest absolute Gasteiger partial charge is 0.250 e. The topological polar surface area (TPSA) is 72.2 Å². The molecule has 0 aliphatic heterocycles. The number of aromatic nitrogens is 1. The SMILES string of the molecule is Cc1cnc(-c2ccc(S(=O)(=O)N[C@H]3[C@H](C)[C@@H]3c3ccccc3)s2)o1. The quantitative estimate of drug-likeness (QED) is 0.737. The standard InChI is InChI=1S/C18H18N2O3S2/c1-11-10-19-18(23-11)14-8-9-15(24-14)25(21,22)20-17-12(2)16(17)13-6-4-3-5-7-13/h3-10,12,16-17,20H,1-2H3/t12-,16-,17+/m1/s1. The molecule has 25 heavy (non-hydrogen) atoms. The Labute approximate surface area is 150 Å². The molecule has 0 spiro atoms. The van der Waals surface area contributed by atoms with Crippen LogP contribution in [0.15, 0.2) is 57.3 Å². The number of oxazole rings is 1. The summed E-state index contributed by atoms with van der Waals surface area (Å²) < 4.78 is 34.0. The van der Waals surface area contributed by atoms with E-state index < -0.39 is 10.0 Å². The van der Waals surface area contributed by atoms with Crippen LogP contribution in [0.1, 0.15) is 24.2 Å². The molecule has 1 fully saturated rings. The summed E-state index contributed by atoms with van der Waals surface area (Å²) in [6, 6.07) is 13.3. The average Bonchev–Trinajstić information content (AvgIpc) is 3.02. The van der Waals surface area contributed by atoms with E-state index in [1.807, 2.05) is 37.3 Å². The zero-order valence-corrected chi connectivity index (χ0v) is 15.5. The molecule has 0 saturated heterocycles. The first-order chi connectivity index (χ1) is 12.0. The van der Waals surface area contributed by atoms with Gasteiger partial charge in [0.1, 0.15) is 9.97 Å². The van der Waals surface area contributed by atoms with E-state index in [-0.39, 0.29) is 22.1 Å². The molecular formula is C18H18N2O3S2. The van der Waals surface area contributed by atoms with Gasteiger partial charge in [-0.3, -0.25) is 0 Å². The van der Waals surface area contributed by atoms with Gasteiger partial charge in [-0.05, 0) is 30.5 Å². The van der Waals surface area contributed by atoms with Crippen molar-refractivity contribution < 1.29 is 12.8 Å². The Morgan fingerprint density at radius 1 is 1.16 bits per heavy atom. The lowest BCUT2D eigenvalue weighted by atomic mass is 10.1. The molecule has 7 heteroatoms. The van der Waals surface area contributed by atoms with Crippen LogP contribution in [0, 0.1) is 12.8 Å². The van der Waals surface area contributed by atoms with Crippen LogP contribution in [-0.4, -0.2) is 19.4 Å². The van der Waals surface area contributed by atoms with Crippen LogP contribution < -0.4 is 4.72 Å². The minimum absolute atomic E-state index is 0.0677. The molecule has 5 nitrogen and oxygen atoms in total. The Hall–Kier alpha value is -1.96. The van der Waals surface area contributed by atoms with E-state index >= 15 is 0 Å². The number of rotatable bonds is 5. The van der Waals surface area contributed by atoms with Crippen LogP contribution in [0.2, 0.25) is 0 Å². The predicted molar refractivity (Wildman–Crippen MR) is 97.0 cm³/mol. The van der Waals surface area contributed by atoms with Crippen molar-refractivity contribution >= 4 is 21.4 Å². The van der Waals surface area contributed by atoms with Crippen LogP contribution in [0.3, 0.4) is 0 Å². The summed E-state index contributed by atoms with van der Waals surface area (Å²) in [7, 11) is -3.55. The minimum Gasteiger partial charge on any atom is -0.441 e. The van der Waals surface area contributed by atoms with Crippen molar-refractivity contribution in [2.45, 2.75) is 30.0 Å². The van der Waals surface area contributed by atoms with Crippen molar-refractivity contribution in [3.63, 3.8) is 0 Å². The highest BCUT2D eigenvalue weighted by Crippen LogP contribution is 2.48. The van der Waals surface area contributed by atoms with Gasteiger partial charge in [-0.25, -0.2) is 18.1 Å². The molecule has 3 atom stereocenters. The number of sulfonamides is 1. The van der Waals surface area contributed by atoms with E-state index in [1.165, 1.54) is 16.9 Å². The molecule has 0 unspecified atom stereocenters. The first kappa shape index (κ1) is 16.5. The normalized spacial score (nSPS) is 22.9. The number of nitrogens with one attached hydrogen (secondary N) is 1. The molecule has 1 aliphatic carbocycles. The Bertz CT molecular complexity index is 992. The maximum Gasteiger partial charge on any atom is 0.250 e. The monoisotopic (exact) mass is 374 g/mol. The third-order valence-electron chi connectivity index (χ3n) is 4.53. The molecule has 1 N–H and O–H groups in total. The molecule has 1 aromatic carbocycles. The van der Waals surface area contributed by atoms with Crippen LogP contribution in [-0.2, 0) is 10.0 Å². The summed E-state index contributed by atoms with van der Waals surface area (Å²) in [4.78, 5) is 4.85. The van der Waals surface area contributed by atoms with E-state index in [0.29, 0.717) is 16.5 Å². The first-order valence-corrected chi connectivity index (χ1v) is 10.4. The minimum atomic E-state index is -3.55. The van der Waals surface area contributed by atoms with Gasteiger partial charge in [0, 0.05) is 12.0 Å². The second-order valence-corrected chi connectivity index (χ2v) is 9.36. The molecule has 1 saturated carbocycles. The Balaban J connectivity index is 1.52. The van der Waals surface area contributed by atoms with Gasteiger partial charge in [0.2, 0.25) is 15.9 Å². The lowest BCUT2D eigenvalue weighted by molar-refractivity contribution is 0.544. The number of aryl methyl sites for hydroxylation is 1. The fourth-order valence-corrected chi connectivity index (χ4v) is 5.72. The molecule has 130 valence electrons. The molecule has 4 rings (SSSR count). The van der Waals surface area contributed by atoms with Gasteiger partial charge in [0.25, 0.3) is 0 Å². The molecule has 3 aromatic rings. The third-order valence-corrected chi connectivity index (χ3v) is 7.56. The summed E-state index contributed by atoms with van der Waals surface area (Å²) >= 11 is 1.17. The second kappa shape index (κ2) is 6.09. The average molecular weight is 374 g/mol. The van der Waals surface area contributed by atoms with Gasteiger partial charge >= 0.3 is 0 Å². The van der Waals surface area contributed by atoms with Crippen molar-refractivity contribution in [3.8, 4) is 10.8 Å². The second-order valence-electron chi connectivity index (χ2n) is 6.34. The molecule has 0 amide bonds. The van der Waals surface area contributed by atoms with Gasteiger partial charge < -0.3 is 4.42 Å². The van der Waals surface area contributed by atoms with Crippen molar-refractivity contribution in [2.24, 2.45) is 5.92 Å². The zero-order chi connectivity index (χ0) is 17.6. The lowest BCUT2D eigenvalue weighted by Gasteiger charge is -2.04. The molecule has 1 aliphatic rings. The van der Waals surface area contributed by atoms with E-state index in [9.17, 15) is 8.42 Å². The van der Waals surface area contributed by atoms with Gasteiger partial charge in [0.05, 0.1) is 11.1 Å². The Morgan fingerprint density at radius 3 is 2.60 bits per heavy atom. The first-order valence-electron chi connectivity index (χ1n) is 8.05. The summed E-state index contributed by atoms with van der Waals surface area (Å²) in [6.45, 7) is 3.88. The highest BCUT2D eigenvalue weighted by molar-refractivity contribution is 7.91. The van der Waals surface area contributed by atoms with E-state index in [0.717, 1.165) is 0 Å². The molecular weight excluding hydrogens is 356 g/mol. The van der Waals surface area contributed by atoms with Crippen LogP contribution in [0.25, 0.3) is 10.8 Å². The Morgan fingerprint density at radius 2 is 1.92 bits per heavy atom. The number of benzene rings is 1. The summed E-state index contributed by atoms with van der Waals surface area (Å²) in [5, 5.41) is 0. The van der Waals surface area contributed by atoms with Crippen LogP contribution in [0.4, 0.5) is 0 Å². The number of hydrogen-bond donors (Lipinski definition) is 1. The number of thiophene rings is 1. The zero-order valence-electron chi connectivity index (χ0n) is 13.8. The molecule has 2 aromatic heterocycles. The molecule has 2 heterocycles. The number of hydrogen-bond acceptors (Lipinski definition) is 5. The lowest BCUT2D eigenvalue weighted by Crippen LogP contribution is -2.27. The summed E-state index contributed by atoms with van der Waals surface area (Å²) in [5.41, 5.74) is 1.17. The van der Waals surface area contributed by atoms with Gasteiger partial charge in [-0.2, -0.15) is 0 Å². The number of nitrogens with zero attached hydrogens (tertiary/aromatic N) is 1. The molecule has 0 bridgehead atoms. The predicted octanol–water partition coefficient (Wildman–Crippen LogP) is 3.79. The summed E-state index contributed by atoms with van der Waals surface area (Å²) in [5.74, 6) is 1.66. The van der Waals surface area contributed by atoms with Crippen molar-refractivity contribution in [1.82, 2.24) is 9.71 Å². The fourth-order valence-electron chi connectivity index (χ4n) is 3.11. The van der Waals surface area contributed by atoms with E-state index in [2.05, 4.69) is 16.6 Å². The van der Waals surface area contributed by atoms with Gasteiger partial charge in [-0.15, -0.1) is 11.3 Å². The largest absolute Gasteiger partial charge is 0.441 e.